The number of hydrogen-bond donors (Lipinski definition) is 1. The molecule has 1 heterocycles. The molecule has 2 N–H and O–H groups in total. The maximum Gasteiger partial charge on any atom is 0.244 e. The summed E-state index contributed by atoms with van der Waals surface area (Å²) in [6.07, 6.45) is 2.97. The molecule has 1 saturated heterocycles. The number of nitrogens with two attached hydrogens (primary N) is 1. The molecule has 0 spiro atoms. The van der Waals surface area contributed by atoms with Gasteiger partial charge in [0.15, 0.2) is 0 Å². The third kappa shape index (κ3) is 0.671. The van der Waals surface area contributed by atoms with Crippen molar-refractivity contribution < 1.29 is 9.53 Å². The second kappa shape index (κ2) is 1.83. The van der Waals surface area contributed by atoms with Crippen LogP contribution in [-0.4, -0.2) is 18.6 Å². The standard InChI is InChI=1S/C7H9NO2/c8-7(9)6-2-5-1-4(6)3-10-5/h2,4-5H,1,3H2,(H2,8,9). The molecule has 1 aliphatic carbocycles. The van der Waals surface area contributed by atoms with Crippen LogP contribution in [0.3, 0.4) is 0 Å². The van der Waals surface area contributed by atoms with Gasteiger partial charge in [-0.2, -0.15) is 0 Å². The summed E-state index contributed by atoms with van der Waals surface area (Å²) >= 11 is 0. The smallest absolute Gasteiger partial charge is 0.244 e. The number of hydrogen-bond acceptors (Lipinski definition) is 2. The van der Waals surface area contributed by atoms with Crippen LogP contribution < -0.4 is 5.73 Å². The average Bonchev–Trinajstić information content (AvgIpc) is 2.44. The SMILES string of the molecule is NC(=O)C1=CC2CC1CO2. The molecule has 1 aliphatic heterocycles. The van der Waals surface area contributed by atoms with E-state index in [9.17, 15) is 4.79 Å². The van der Waals surface area contributed by atoms with Gasteiger partial charge in [-0.15, -0.1) is 0 Å². The zero-order valence-corrected chi connectivity index (χ0v) is 5.54. The van der Waals surface area contributed by atoms with Crippen LogP contribution in [0.5, 0.6) is 0 Å². The van der Waals surface area contributed by atoms with E-state index < -0.39 is 0 Å². The number of amides is 1. The summed E-state index contributed by atoms with van der Waals surface area (Å²) in [5.41, 5.74) is 5.90. The van der Waals surface area contributed by atoms with Gasteiger partial charge < -0.3 is 10.5 Å². The first-order chi connectivity index (χ1) is 4.77. The van der Waals surface area contributed by atoms with Crippen LogP contribution in [0.4, 0.5) is 0 Å². The van der Waals surface area contributed by atoms with Gasteiger partial charge in [0.25, 0.3) is 0 Å². The fourth-order valence-corrected chi connectivity index (χ4v) is 1.61. The van der Waals surface area contributed by atoms with E-state index in [1.807, 2.05) is 6.08 Å². The van der Waals surface area contributed by atoms with Crippen molar-refractivity contribution in [3.63, 3.8) is 0 Å². The predicted molar refractivity (Wildman–Crippen MR) is 35.1 cm³/mol. The summed E-state index contributed by atoms with van der Waals surface area (Å²) in [4.78, 5) is 10.7. The maximum atomic E-state index is 10.7. The number of rotatable bonds is 1. The number of carbonyl (C=O) groups is 1. The van der Waals surface area contributed by atoms with Gasteiger partial charge in [0.05, 0.1) is 12.7 Å². The normalized spacial score (nSPS) is 36.2. The first-order valence-electron chi connectivity index (χ1n) is 3.40. The molecule has 2 atom stereocenters. The highest BCUT2D eigenvalue weighted by molar-refractivity contribution is 5.93. The minimum atomic E-state index is -0.282. The molecular weight excluding hydrogens is 130 g/mol. The minimum Gasteiger partial charge on any atom is -0.373 e. The predicted octanol–water partition coefficient (Wildman–Crippen LogP) is -0.183. The molecule has 2 aliphatic rings. The molecule has 2 unspecified atom stereocenters. The van der Waals surface area contributed by atoms with E-state index in [4.69, 9.17) is 10.5 Å². The van der Waals surface area contributed by atoms with E-state index in [1.54, 1.807) is 0 Å². The Labute approximate surface area is 58.8 Å². The van der Waals surface area contributed by atoms with Crippen LogP contribution in [-0.2, 0) is 9.53 Å². The van der Waals surface area contributed by atoms with E-state index in [-0.39, 0.29) is 12.0 Å². The molecule has 2 rings (SSSR count). The monoisotopic (exact) mass is 139 g/mol. The van der Waals surface area contributed by atoms with E-state index in [1.165, 1.54) is 0 Å². The lowest BCUT2D eigenvalue weighted by molar-refractivity contribution is -0.115. The van der Waals surface area contributed by atoms with Crippen LogP contribution >= 0.6 is 0 Å². The molecule has 0 saturated carbocycles. The molecule has 54 valence electrons. The molecule has 3 heteroatoms. The first kappa shape index (κ1) is 5.92. The Morgan fingerprint density at radius 1 is 1.80 bits per heavy atom. The van der Waals surface area contributed by atoms with Crippen molar-refractivity contribution in [2.75, 3.05) is 6.61 Å². The summed E-state index contributed by atoms with van der Waals surface area (Å²) in [7, 11) is 0. The fraction of sp³-hybridized carbons (Fsp3) is 0.571. The topological polar surface area (TPSA) is 52.3 Å². The van der Waals surface area contributed by atoms with Gasteiger partial charge in [0, 0.05) is 11.5 Å². The van der Waals surface area contributed by atoms with E-state index >= 15 is 0 Å². The van der Waals surface area contributed by atoms with Gasteiger partial charge in [0.2, 0.25) is 5.91 Å². The van der Waals surface area contributed by atoms with Crippen molar-refractivity contribution in [2.45, 2.75) is 12.5 Å². The highest BCUT2D eigenvalue weighted by Gasteiger charge is 2.35. The van der Waals surface area contributed by atoms with Gasteiger partial charge in [-0.1, -0.05) is 0 Å². The number of carbonyl (C=O) groups excluding carboxylic acids is 1. The Balaban J connectivity index is 2.25. The molecule has 10 heavy (non-hydrogen) atoms. The van der Waals surface area contributed by atoms with Gasteiger partial charge >= 0.3 is 0 Å². The molecule has 0 aromatic heterocycles. The lowest BCUT2D eigenvalue weighted by Crippen LogP contribution is -2.20. The third-order valence-corrected chi connectivity index (χ3v) is 2.12. The lowest BCUT2D eigenvalue weighted by atomic mass is 10.0. The van der Waals surface area contributed by atoms with Crippen LogP contribution in [0.1, 0.15) is 6.42 Å². The maximum absolute atomic E-state index is 10.7. The minimum absolute atomic E-state index is 0.174. The second-order valence-electron chi connectivity index (χ2n) is 2.79. The molecule has 0 aromatic rings. The Kier molecular flexibility index (Phi) is 1.08. The van der Waals surface area contributed by atoms with Crippen molar-refractivity contribution in [1.29, 1.82) is 0 Å². The highest BCUT2D eigenvalue weighted by atomic mass is 16.5. The summed E-state index contributed by atoms with van der Waals surface area (Å²) in [5, 5.41) is 0. The van der Waals surface area contributed by atoms with Gasteiger partial charge in [-0.25, -0.2) is 0 Å². The van der Waals surface area contributed by atoms with Crippen molar-refractivity contribution in [2.24, 2.45) is 11.7 Å². The largest absolute Gasteiger partial charge is 0.373 e. The van der Waals surface area contributed by atoms with Gasteiger partial charge in [0.1, 0.15) is 0 Å². The van der Waals surface area contributed by atoms with E-state index in [0.29, 0.717) is 12.5 Å². The van der Waals surface area contributed by atoms with Crippen LogP contribution in [0.15, 0.2) is 11.6 Å². The average molecular weight is 139 g/mol. The summed E-state index contributed by atoms with van der Waals surface area (Å²) in [6, 6.07) is 0. The number of ether oxygens (including phenoxy) is 1. The van der Waals surface area contributed by atoms with Crippen molar-refractivity contribution >= 4 is 5.91 Å². The Morgan fingerprint density at radius 3 is 2.90 bits per heavy atom. The molecule has 0 aromatic carbocycles. The molecule has 1 fully saturated rings. The van der Waals surface area contributed by atoms with Crippen LogP contribution in [0.25, 0.3) is 0 Å². The molecule has 3 nitrogen and oxygen atoms in total. The van der Waals surface area contributed by atoms with Gasteiger partial charge in [-0.05, 0) is 12.5 Å². The zero-order valence-electron chi connectivity index (χ0n) is 5.54. The quantitative estimate of drug-likeness (QED) is 0.547. The van der Waals surface area contributed by atoms with E-state index in [2.05, 4.69) is 0 Å². The first-order valence-corrected chi connectivity index (χ1v) is 3.40. The molecular formula is C7H9NO2. The highest BCUT2D eigenvalue weighted by Crippen LogP contribution is 2.34. The van der Waals surface area contributed by atoms with E-state index in [0.717, 1.165) is 12.0 Å². The number of fused-ring (bicyclic) bond motifs is 2. The molecule has 2 bridgehead atoms. The second-order valence-corrected chi connectivity index (χ2v) is 2.79. The Morgan fingerprint density at radius 2 is 2.60 bits per heavy atom. The number of primary amides is 1. The Bertz CT molecular complexity index is 210. The third-order valence-electron chi connectivity index (χ3n) is 2.12. The summed E-state index contributed by atoms with van der Waals surface area (Å²) < 4.78 is 5.25. The van der Waals surface area contributed by atoms with Crippen LogP contribution in [0.2, 0.25) is 0 Å². The van der Waals surface area contributed by atoms with Crippen molar-refractivity contribution in [3.8, 4) is 0 Å². The Hall–Kier alpha value is -0.830. The molecule has 1 amide bonds. The summed E-state index contributed by atoms with van der Waals surface area (Å²) in [5.74, 6) is 0.0123. The fourth-order valence-electron chi connectivity index (χ4n) is 1.61. The lowest BCUT2D eigenvalue weighted by Gasteiger charge is -2.08. The van der Waals surface area contributed by atoms with Crippen molar-refractivity contribution in [3.05, 3.63) is 11.6 Å². The zero-order chi connectivity index (χ0) is 7.14. The van der Waals surface area contributed by atoms with Gasteiger partial charge in [-0.3, -0.25) is 4.79 Å². The van der Waals surface area contributed by atoms with Crippen molar-refractivity contribution in [1.82, 2.24) is 0 Å². The molecule has 0 radical (unpaired) electrons. The summed E-state index contributed by atoms with van der Waals surface area (Å²) in [6.45, 7) is 0.680. The van der Waals surface area contributed by atoms with Crippen LogP contribution in [0, 0.1) is 5.92 Å².